The van der Waals surface area contributed by atoms with E-state index in [4.69, 9.17) is 0 Å². The van der Waals surface area contributed by atoms with Crippen LogP contribution in [0.1, 0.15) is 30.8 Å². The molecule has 0 bridgehead atoms. The summed E-state index contributed by atoms with van der Waals surface area (Å²) in [4.78, 5) is 18.3. The molecule has 0 aromatic carbocycles. The summed E-state index contributed by atoms with van der Waals surface area (Å²) in [6.07, 6.45) is 2.11. The van der Waals surface area contributed by atoms with Crippen LogP contribution in [0.2, 0.25) is 0 Å². The summed E-state index contributed by atoms with van der Waals surface area (Å²) in [6, 6.07) is 0.855. The molecule has 1 unspecified atom stereocenters. The number of rotatable bonds is 3. The molecule has 1 radical (unpaired) electrons. The lowest BCUT2D eigenvalue weighted by Gasteiger charge is -2.09. The quantitative estimate of drug-likeness (QED) is 0.784. The number of hydrogen-bond acceptors (Lipinski definition) is 3. The van der Waals surface area contributed by atoms with Gasteiger partial charge in [0.15, 0.2) is 0 Å². The van der Waals surface area contributed by atoms with Crippen LogP contribution in [0, 0.1) is 0 Å². The summed E-state index contributed by atoms with van der Waals surface area (Å²) in [5.41, 5.74) is 0.116. The molecule has 75 valence electrons. The molecule has 1 rings (SSSR count). The molecule has 1 atom stereocenters. The van der Waals surface area contributed by atoms with Gasteiger partial charge in [-0.15, -0.1) is 0 Å². The first-order chi connectivity index (χ1) is 6.63. The van der Waals surface area contributed by atoms with E-state index < -0.39 is 6.01 Å². The van der Waals surface area contributed by atoms with E-state index in [1.807, 2.05) is 13.8 Å². The Morgan fingerprint density at radius 2 is 2.36 bits per heavy atom. The van der Waals surface area contributed by atoms with Crippen LogP contribution >= 0.6 is 0 Å². The maximum Gasteiger partial charge on any atom is 0.367 e. The van der Waals surface area contributed by atoms with Crippen molar-refractivity contribution < 1.29 is 9.90 Å². The van der Waals surface area contributed by atoms with Gasteiger partial charge in [0.1, 0.15) is 5.69 Å². The molecule has 0 aliphatic heterocycles. The van der Waals surface area contributed by atoms with Gasteiger partial charge >= 0.3 is 6.01 Å². The Morgan fingerprint density at radius 3 is 2.93 bits per heavy atom. The molecule has 14 heavy (non-hydrogen) atoms. The van der Waals surface area contributed by atoms with E-state index in [1.54, 1.807) is 0 Å². The highest BCUT2D eigenvalue weighted by atomic mass is 16.3. The third-order valence-corrected chi connectivity index (χ3v) is 1.86. The average Bonchev–Trinajstić information content (AvgIpc) is 2.17. The second-order valence-electron chi connectivity index (χ2n) is 3.01. The standard InChI is InChI=1S/C9H12N3O2/c1-3-6(2)11-8(13)7-4-5-10-9(14)12-7/h4-6H,3H2,1-2H3,(H,11,13). The molecule has 1 aromatic heterocycles. The van der Waals surface area contributed by atoms with Crippen molar-refractivity contribution in [3.63, 3.8) is 0 Å². The van der Waals surface area contributed by atoms with Gasteiger partial charge in [-0.25, -0.2) is 10.1 Å². The molecule has 0 aliphatic carbocycles. The number of carbonyl (C=O) groups excluding carboxylic acids is 1. The lowest BCUT2D eigenvalue weighted by atomic mass is 10.2. The zero-order valence-corrected chi connectivity index (χ0v) is 8.15. The predicted molar refractivity (Wildman–Crippen MR) is 49.4 cm³/mol. The number of aromatic nitrogens is 2. The van der Waals surface area contributed by atoms with Crippen LogP contribution in [0.4, 0.5) is 0 Å². The summed E-state index contributed by atoms with van der Waals surface area (Å²) < 4.78 is 0. The number of nitrogens with zero attached hydrogens (tertiary/aromatic N) is 2. The monoisotopic (exact) mass is 194 g/mol. The van der Waals surface area contributed by atoms with E-state index in [1.165, 1.54) is 12.3 Å². The van der Waals surface area contributed by atoms with Crippen LogP contribution in [0.5, 0.6) is 6.01 Å². The minimum atomic E-state index is -0.637. The summed E-state index contributed by atoms with van der Waals surface area (Å²) in [7, 11) is 0. The number of hydrogen-bond donors (Lipinski definition) is 1. The predicted octanol–water partition coefficient (Wildman–Crippen LogP) is 1.15. The first-order valence-electron chi connectivity index (χ1n) is 4.44. The van der Waals surface area contributed by atoms with Crippen LogP contribution in [-0.2, 0) is 5.11 Å². The van der Waals surface area contributed by atoms with Crippen molar-refractivity contribution in [1.29, 1.82) is 0 Å². The van der Waals surface area contributed by atoms with E-state index in [0.717, 1.165) is 6.42 Å². The third-order valence-electron chi connectivity index (χ3n) is 1.86. The van der Waals surface area contributed by atoms with Crippen LogP contribution < -0.4 is 5.32 Å². The molecule has 0 saturated carbocycles. The SMILES string of the molecule is CCC(C)NC(=O)c1ccnc([O])n1. The van der Waals surface area contributed by atoms with Crippen molar-refractivity contribution in [3.05, 3.63) is 18.0 Å². The van der Waals surface area contributed by atoms with Crippen LogP contribution in [-0.4, -0.2) is 21.9 Å². The molecule has 0 spiro atoms. The van der Waals surface area contributed by atoms with Crippen molar-refractivity contribution in [1.82, 2.24) is 15.3 Å². The molecule has 1 N–H and O–H groups in total. The Labute approximate surface area is 82.2 Å². The maximum atomic E-state index is 11.4. The minimum Gasteiger partial charge on any atom is -0.348 e. The highest BCUT2D eigenvalue weighted by Crippen LogP contribution is 2.01. The molecule has 5 heteroatoms. The van der Waals surface area contributed by atoms with E-state index in [2.05, 4.69) is 15.3 Å². The second-order valence-corrected chi connectivity index (χ2v) is 3.01. The van der Waals surface area contributed by atoms with E-state index in [9.17, 15) is 9.90 Å². The van der Waals surface area contributed by atoms with Crippen molar-refractivity contribution in [2.75, 3.05) is 0 Å². The lowest BCUT2D eigenvalue weighted by molar-refractivity contribution is 0.0932. The van der Waals surface area contributed by atoms with Gasteiger partial charge in [0.2, 0.25) is 0 Å². The van der Waals surface area contributed by atoms with Crippen molar-refractivity contribution in [2.45, 2.75) is 26.3 Å². The molecule has 1 heterocycles. The molecule has 5 nitrogen and oxygen atoms in total. The number of amides is 1. The largest absolute Gasteiger partial charge is 0.367 e. The fraction of sp³-hybridized carbons (Fsp3) is 0.444. The third kappa shape index (κ3) is 2.69. The molecule has 0 aliphatic rings. The number of carbonyl (C=O) groups is 1. The van der Waals surface area contributed by atoms with Gasteiger partial charge in [0.25, 0.3) is 5.91 Å². The van der Waals surface area contributed by atoms with Crippen molar-refractivity contribution in [3.8, 4) is 6.01 Å². The van der Waals surface area contributed by atoms with Gasteiger partial charge in [-0.05, 0) is 19.4 Å². The topological polar surface area (TPSA) is 74.8 Å². The Bertz CT molecular complexity index is 328. The summed E-state index contributed by atoms with van der Waals surface area (Å²) in [5, 5.41) is 13.5. The Morgan fingerprint density at radius 1 is 1.64 bits per heavy atom. The van der Waals surface area contributed by atoms with Crippen molar-refractivity contribution >= 4 is 5.91 Å². The first-order valence-corrected chi connectivity index (χ1v) is 4.44. The molecule has 0 saturated heterocycles. The zero-order chi connectivity index (χ0) is 10.6. The second kappa shape index (κ2) is 4.55. The molecular weight excluding hydrogens is 182 g/mol. The Hall–Kier alpha value is -1.65. The maximum absolute atomic E-state index is 11.4. The van der Waals surface area contributed by atoms with Gasteiger partial charge in [-0.3, -0.25) is 4.79 Å². The summed E-state index contributed by atoms with van der Waals surface area (Å²) in [5.74, 6) is -0.334. The van der Waals surface area contributed by atoms with Gasteiger partial charge < -0.3 is 5.32 Å². The fourth-order valence-electron chi connectivity index (χ4n) is 0.867. The van der Waals surface area contributed by atoms with Gasteiger partial charge in [-0.1, -0.05) is 6.92 Å². The molecule has 1 amide bonds. The van der Waals surface area contributed by atoms with E-state index in [-0.39, 0.29) is 17.6 Å². The Kier molecular flexibility index (Phi) is 3.39. The first kappa shape index (κ1) is 10.4. The minimum absolute atomic E-state index is 0.0765. The molecule has 1 aromatic rings. The number of nitrogens with one attached hydrogen (secondary N) is 1. The van der Waals surface area contributed by atoms with E-state index >= 15 is 0 Å². The normalized spacial score (nSPS) is 12.1. The lowest BCUT2D eigenvalue weighted by Crippen LogP contribution is -2.32. The van der Waals surface area contributed by atoms with Crippen molar-refractivity contribution in [2.24, 2.45) is 0 Å². The van der Waals surface area contributed by atoms with Gasteiger partial charge in [0.05, 0.1) is 0 Å². The summed E-state index contributed by atoms with van der Waals surface area (Å²) in [6.45, 7) is 3.85. The van der Waals surface area contributed by atoms with Crippen LogP contribution in [0.3, 0.4) is 0 Å². The van der Waals surface area contributed by atoms with Gasteiger partial charge in [0, 0.05) is 12.2 Å². The van der Waals surface area contributed by atoms with Gasteiger partial charge in [-0.2, -0.15) is 4.98 Å². The Balaban J connectivity index is 2.70. The fourth-order valence-corrected chi connectivity index (χ4v) is 0.867. The zero-order valence-electron chi connectivity index (χ0n) is 8.15. The van der Waals surface area contributed by atoms with E-state index in [0.29, 0.717) is 0 Å². The summed E-state index contributed by atoms with van der Waals surface area (Å²) >= 11 is 0. The molecule has 0 fully saturated rings. The van der Waals surface area contributed by atoms with Crippen LogP contribution in [0.25, 0.3) is 0 Å². The van der Waals surface area contributed by atoms with Crippen LogP contribution in [0.15, 0.2) is 12.3 Å². The highest BCUT2D eigenvalue weighted by molar-refractivity contribution is 5.92. The smallest absolute Gasteiger partial charge is 0.348 e. The highest BCUT2D eigenvalue weighted by Gasteiger charge is 2.10. The molecular formula is C9H12N3O2. The average molecular weight is 194 g/mol.